The fourth-order valence-corrected chi connectivity index (χ4v) is 2.68. The largest absolute Gasteiger partial charge is 0.341 e. The maximum atomic E-state index is 12.2. The van der Waals surface area contributed by atoms with Crippen molar-refractivity contribution in [2.45, 2.75) is 44.6 Å². The fraction of sp³-hybridized carbons (Fsp3) is 0.846. The number of carbonyl (C=O) groups is 2. The Hall–Kier alpha value is -1.10. The summed E-state index contributed by atoms with van der Waals surface area (Å²) in [4.78, 5) is 27.4. The summed E-state index contributed by atoms with van der Waals surface area (Å²) < 4.78 is 0. The molecule has 102 valence electrons. The minimum Gasteiger partial charge on any atom is -0.341 e. The molecule has 1 unspecified atom stereocenters. The summed E-state index contributed by atoms with van der Waals surface area (Å²) in [6.45, 7) is 2.42. The van der Waals surface area contributed by atoms with Gasteiger partial charge in [0, 0.05) is 32.1 Å². The van der Waals surface area contributed by atoms with E-state index in [0.29, 0.717) is 13.0 Å². The summed E-state index contributed by atoms with van der Waals surface area (Å²) in [6.07, 6.45) is 5.80. The van der Waals surface area contributed by atoms with Crippen LogP contribution < -0.4 is 5.73 Å². The minimum absolute atomic E-state index is 0.0274. The molecule has 2 heterocycles. The third kappa shape index (κ3) is 3.45. The van der Waals surface area contributed by atoms with Gasteiger partial charge in [0.05, 0.1) is 6.54 Å². The van der Waals surface area contributed by atoms with Crippen LogP contribution in [-0.2, 0) is 9.59 Å². The van der Waals surface area contributed by atoms with Gasteiger partial charge in [-0.15, -0.1) is 0 Å². The lowest BCUT2D eigenvalue weighted by Gasteiger charge is -2.32. The van der Waals surface area contributed by atoms with Crippen molar-refractivity contribution in [3.8, 4) is 0 Å². The Morgan fingerprint density at radius 3 is 2.56 bits per heavy atom. The van der Waals surface area contributed by atoms with E-state index in [1.165, 1.54) is 12.8 Å². The maximum absolute atomic E-state index is 12.2. The van der Waals surface area contributed by atoms with Crippen molar-refractivity contribution in [1.29, 1.82) is 0 Å². The van der Waals surface area contributed by atoms with Gasteiger partial charge in [-0.05, 0) is 19.3 Å². The van der Waals surface area contributed by atoms with E-state index in [9.17, 15) is 9.59 Å². The smallest absolute Gasteiger partial charge is 0.242 e. The Kier molecular flexibility index (Phi) is 4.58. The van der Waals surface area contributed by atoms with E-state index in [-0.39, 0.29) is 24.4 Å². The van der Waals surface area contributed by atoms with E-state index in [0.717, 1.165) is 32.4 Å². The van der Waals surface area contributed by atoms with E-state index in [4.69, 9.17) is 5.73 Å². The lowest BCUT2D eigenvalue weighted by molar-refractivity contribution is -0.142. The Bertz CT molecular complexity index is 311. The second-order valence-electron chi connectivity index (χ2n) is 5.37. The number of likely N-dealkylation sites (tertiary alicyclic amines) is 2. The Morgan fingerprint density at radius 1 is 1.22 bits per heavy atom. The van der Waals surface area contributed by atoms with Crippen LogP contribution in [0, 0.1) is 0 Å². The zero-order valence-corrected chi connectivity index (χ0v) is 10.9. The first-order valence-electron chi connectivity index (χ1n) is 6.98. The summed E-state index contributed by atoms with van der Waals surface area (Å²) in [5.74, 6) is 0.152. The van der Waals surface area contributed by atoms with Crippen molar-refractivity contribution in [3.63, 3.8) is 0 Å². The highest BCUT2D eigenvalue weighted by molar-refractivity contribution is 5.85. The average molecular weight is 253 g/mol. The maximum Gasteiger partial charge on any atom is 0.242 e. The van der Waals surface area contributed by atoms with Crippen molar-refractivity contribution < 1.29 is 9.59 Å². The number of hydrogen-bond acceptors (Lipinski definition) is 3. The normalized spacial score (nSPS) is 26.1. The molecule has 0 aromatic heterocycles. The van der Waals surface area contributed by atoms with Crippen LogP contribution in [0.15, 0.2) is 0 Å². The highest BCUT2D eigenvalue weighted by atomic mass is 16.2. The topological polar surface area (TPSA) is 66.6 Å². The first kappa shape index (κ1) is 13.3. The third-order valence-corrected chi connectivity index (χ3v) is 3.82. The number of nitrogens with two attached hydrogens (primary N) is 1. The molecule has 0 aliphatic carbocycles. The Morgan fingerprint density at radius 2 is 1.89 bits per heavy atom. The van der Waals surface area contributed by atoms with Crippen LogP contribution in [0.4, 0.5) is 0 Å². The lowest BCUT2D eigenvalue weighted by Crippen LogP contribution is -2.50. The molecule has 2 N–H and O–H groups in total. The van der Waals surface area contributed by atoms with Crippen molar-refractivity contribution in [2.24, 2.45) is 5.73 Å². The number of hydrogen-bond donors (Lipinski definition) is 1. The van der Waals surface area contributed by atoms with Gasteiger partial charge < -0.3 is 15.5 Å². The SMILES string of the molecule is NC1CCC(=O)N(CC(=O)N2CCCCCC2)C1. The van der Waals surface area contributed by atoms with Gasteiger partial charge >= 0.3 is 0 Å². The van der Waals surface area contributed by atoms with E-state index in [2.05, 4.69) is 0 Å². The first-order valence-corrected chi connectivity index (χ1v) is 6.98. The zero-order chi connectivity index (χ0) is 13.0. The number of nitrogens with zero attached hydrogens (tertiary/aromatic N) is 2. The Labute approximate surface area is 108 Å². The molecule has 2 rings (SSSR count). The number of piperidine rings is 1. The Balaban J connectivity index is 1.87. The molecule has 5 heteroatoms. The van der Waals surface area contributed by atoms with Gasteiger partial charge in [-0.1, -0.05) is 12.8 Å². The molecule has 2 saturated heterocycles. The highest BCUT2D eigenvalue weighted by Crippen LogP contribution is 2.13. The molecule has 0 spiro atoms. The number of rotatable bonds is 2. The van der Waals surface area contributed by atoms with Crippen LogP contribution in [0.5, 0.6) is 0 Å². The molecule has 0 saturated carbocycles. The van der Waals surface area contributed by atoms with Gasteiger partial charge in [-0.2, -0.15) is 0 Å². The van der Waals surface area contributed by atoms with Gasteiger partial charge in [0.25, 0.3) is 0 Å². The molecule has 2 amide bonds. The van der Waals surface area contributed by atoms with Crippen LogP contribution in [0.2, 0.25) is 0 Å². The molecule has 0 radical (unpaired) electrons. The zero-order valence-electron chi connectivity index (χ0n) is 10.9. The summed E-state index contributed by atoms with van der Waals surface area (Å²) in [5, 5.41) is 0. The fourth-order valence-electron chi connectivity index (χ4n) is 2.68. The highest BCUT2D eigenvalue weighted by Gasteiger charge is 2.26. The molecule has 2 aliphatic rings. The van der Waals surface area contributed by atoms with Crippen LogP contribution in [0.1, 0.15) is 38.5 Å². The predicted octanol–water partition coefficient (Wildman–Crippen LogP) is 0.339. The van der Waals surface area contributed by atoms with Gasteiger partial charge in [0.15, 0.2) is 0 Å². The van der Waals surface area contributed by atoms with Gasteiger partial charge in [0.2, 0.25) is 11.8 Å². The molecule has 5 nitrogen and oxygen atoms in total. The van der Waals surface area contributed by atoms with Crippen LogP contribution in [0.3, 0.4) is 0 Å². The summed E-state index contributed by atoms with van der Waals surface area (Å²) in [7, 11) is 0. The molecule has 2 fully saturated rings. The van der Waals surface area contributed by atoms with Crippen LogP contribution in [-0.4, -0.2) is 53.8 Å². The van der Waals surface area contributed by atoms with Crippen molar-refractivity contribution in [3.05, 3.63) is 0 Å². The number of carbonyl (C=O) groups excluding carboxylic acids is 2. The van der Waals surface area contributed by atoms with Crippen LogP contribution >= 0.6 is 0 Å². The van der Waals surface area contributed by atoms with Crippen molar-refractivity contribution in [2.75, 3.05) is 26.2 Å². The molecule has 2 aliphatic heterocycles. The lowest BCUT2D eigenvalue weighted by atomic mass is 10.1. The summed E-state index contributed by atoms with van der Waals surface area (Å²) in [6, 6.07) is 0.0274. The third-order valence-electron chi connectivity index (χ3n) is 3.82. The standard InChI is InChI=1S/C13H23N3O2/c14-11-5-6-12(17)16(9-11)10-13(18)15-7-3-1-2-4-8-15/h11H,1-10,14H2. The van der Waals surface area contributed by atoms with Crippen molar-refractivity contribution in [1.82, 2.24) is 9.80 Å². The summed E-state index contributed by atoms with van der Waals surface area (Å²) >= 11 is 0. The van der Waals surface area contributed by atoms with E-state index >= 15 is 0 Å². The van der Waals surface area contributed by atoms with Crippen LogP contribution in [0.25, 0.3) is 0 Å². The predicted molar refractivity (Wildman–Crippen MR) is 68.8 cm³/mol. The first-order chi connectivity index (χ1) is 8.66. The van der Waals surface area contributed by atoms with E-state index in [1.807, 2.05) is 4.90 Å². The molecule has 0 aromatic rings. The van der Waals surface area contributed by atoms with Gasteiger partial charge in [-0.3, -0.25) is 9.59 Å². The van der Waals surface area contributed by atoms with Gasteiger partial charge in [-0.25, -0.2) is 0 Å². The molecular weight excluding hydrogens is 230 g/mol. The minimum atomic E-state index is 0.0274. The number of amides is 2. The van der Waals surface area contributed by atoms with E-state index in [1.54, 1.807) is 4.90 Å². The molecular formula is C13H23N3O2. The van der Waals surface area contributed by atoms with E-state index < -0.39 is 0 Å². The second kappa shape index (κ2) is 6.18. The van der Waals surface area contributed by atoms with Gasteiger partial charge in [0.1, 0.15) is 0 Å². The molecule has 18 heavy (non-hydrogen) atoms. The average Bonchev–Trinajstić information content (AvgIpc) is 2.62. The molecule has 1 atom stereocenters. The quantitative estimate of drug-likeness (QED) is 0.771. The monoisotopic (exact) mass is 253 g/mol. The molecule has 0 bridgehead atoms. The summed E-state index contributed by atoms with van der Waals surface area (Å²) in [5.41, 5.74) is 5.85. The molecule has 0 aromatic carbocycles. The van der Waals surface area contributed by atoms with Crippen molar-refractivity contribution >= 4 is 11.8 Å². The second-order valence-corrected chi connectivity index (χ2v) is 5.37.